The first-order valence-electron chi connectivity index (χ1n) is 9.78. The van der Waals surface area contributed by atoms with Crippen LogP contribution in [-0.4, -0.2) is 64.3 Å². The molecule has 1 aromatic heterocycles. The Kier molecular flexibility index (Phi) is 6.34. The van der Waals surface area contributed by atoms with Crippen molar-refractivity contribution in [2.75, 3.05) is 24.8 Å². The number of rotatable bonds is 8. The minimum Gasteiger partial charge on any atom is -0.389 e. The second kappa shape index (κ2) is 8.89. The standard InChI is InChI=1S/C19H21N3O7S3/c1-31(24,25)16-10-20-19(30-16)21-18(23)17(22-29-13-8-9-28-11-13)12-2-4-14(5-3-12)32(26,27)15-6-7-15/h2-5,10,13,15H,6-9,11H2,1H3,(H,20,21,23)/b22-17+/t13-/m1/s1. The molecule has 1 aliphatic carbocycles. The van der Waals surface area contributed by atoms with Crippen LogP contribution in [0.1, 0.15) is 24.8 Å². The minimum absolute atomic E-state index is 0.0141. The third kappa shape index (κ3) is 5.17. The number of oxime groups is 1. The monoisotopic (exact) mass is 499 g/mol. The molecular weight excluding hydrogens is 478 g/mol. The van der Waals surface area contributed by atoms with Crippen molar-refractivity contribution in [3.63, 3.8) is 0 Å². The SMILES string of the molecule is CS(=O)(=O)c1cnc(NC(=O)/C(=N/O[C@@H]2CCOC2)c2ccc(S(=O)(=O)C3CC3)cc2)s1. The Morgan fingerprint density at radius 2 is 1.91 bits per heavy atom. The van der Waals surface area contributed by atoms with Gasteiger partial charge in [0.15, 0.2) is 36.6 Å². The molecule has 0 bridgehead atoms. The summed E-state index contributed by atoms with van der Waals surface area (Å²) >= 11 is 0.814. The number of nitrogens with one attached hydrogen (secondary N) is 1. The van der Waals surface area contributed by atoms with E-state index in [0.29, 0.717) is 38.0 Å². The van der Waals surface area contributed by atoms with Crippen LogP contribution in [0.15, 0.2) is 44.7 Å². The summed E-state index contributed by atoms with van der Waals surface area (Å²) in [5.41, 5.74) is 0.249. The summed E-state index contributed by atoms with van der Waals surface area (Å²) in [4.78, 5) is 22.5. The van der Waals surface area contributed by atoms with Crippen LogP contribution in [0.25, 0.3) is 0 Å². The van der Waals surface area contributed by atoms with Gasteiger partial charge in [0.1, 0.15) is 4.21 Å². The Bertz CT molecular complexity index is 1240. The number of benzene rings is 1. The summed E-state index contributed by atoms with van der Waals surface area (Å²) in [6.45, 7) is 0.879. The summed E-state index contributed by atoms with van der Waals surface area (Å²) in [6, 6.07) is 5.86. The van der Waals surface area contributed by atoms with Crippen molar-refractivity contribution in [1.29, 1.82) is 0 Å². The van der Waals surface area contributed by atoms with Gasteiger partial charge < -0.3 is 9.57 Å². The number of carbonyl (C=O) groups excluding carboxylic acids is 1. The van der Waals surface area contributed by atoms with E-state index in [0.717, 1.165) is 23.8 Å². The van der Waals surface area contributed by atoms with E-state index in [1.54, 1.807) is 0 Å². The quantitative estimate of drug-likeness (QED) is 0.427. The number of thiazole rings is 1. The molecule has 13 heteroatoms. The zero-order valence-electron chi connectivity index (χ0n) is 17.1. The van der Waals surface area contributed by atoms with Crippen molar-refractivity contribution < 1.29 is 31.2 Å². The van der Waals surface area contributed by atoms with E-state index in [4.69, 9.17) is 9.57 Å². The van der Waals surface area contributed by atoms with E-state index in [9.17, 15) is 21.6 Å². The van der Waals surface area contributed by atoms with Crippen LogP contribution in [0, 0.1) is 0 Å². The molecule has 4 rings (SSSR count). The molecule has 2 fully saturated rings. The lowest BCUT2D eigenvalue weighted by molar-refractivity contribution is -0.110. The van der Waals surface area contributed by atoms with Crippen LogP contribution in [0.3, 0.4) is 0 Å². The molecule has 1 N–H and O–H groups in total. The van der Waals surface area contributed by atoms with E-state index >= 15 is 0 Å². The molecular formula is C19H21N3O7S3. The number of aromatic nitrogens is 1. The van der Waals surface area contributed by atoms with Crippen molar-refractivity contribution in [2.45, 2.75) is 39.7 Å². The average Bonchev–Trinajstić information content (AvgIpc) is 3.28. The molecule has 1 amide bonds. The van der Waals surface area contributed by atoms with Crippen molar-refractivity contribution >= 4 is 47.8 Å². The number of anilines is 1. The lowest BCUT2D eigenvalue weighted by atomic mass is 10.1. The maximum absolute atomic E-state index is 12.9. The van der Waals surface area contributed by atoms with Crippen LogP contribution >= 0.6 is 11.3 Å². The molecule has 10 nitrogen and oxygen atoms in total. The van der Waals surface area contributed by atoms with Gasteiger partial charge in [0, 0.05) is 18.2 Å². The molecule has 2 heterocycles. The topological polar surface area (TPSA) is 141 Å². The number of hydrogen-bond donors (Lipinski definition) is 1. The zero-order valence-corrected chi connectivity index (χ0v) is 19.5. The summed E-state index contributed by atoms with van der Waals surface area (Å²) in [5.74, 6) is -0.670. The van der Waals surface area contributed by atoms with Gasteiger partial charge in [-0.3, -0.25) is 10.1 Å². The third-order valence-electron chi connectivity index (χ3n) is 4.89. The Morgan fingerprint density at radius 1 is 1.19 bits per heavy atom. The van der Waals surface area contributed by atoms with Gasteiger partial charge in [-0.1, -0.05) is 28.6 Å². The molecule has 1 aromatic carbocycles. The lowest BCUT2D eigenvalue weighted by Crippen LogP contribution is -2.25. The zero-order chi connectivity index (χ0) is 22.9. The van der Waals surface area contributed by atoms with Crippen LogP contribution in [0.4, 0.5) is 5.13 Å². The fraction of sp³-hybridized carbons (Fsp3) is 0.421. The van der Waals surface area contributed by atoms with Crippen LogP contribution in [0.2, 0.25) is 0 Å². The average molecular weight is 500 g/mol. The molecule has 1 saturated heterocycles. The summed E-state index contributed by atoms with van der Waals surface area (Å²) < 4.78 is 53.4. The Labute approximate surface area is 189 Å². The molecule has 172 valence electrons. The van der Waals surface area contributed by atoms with E-state index in [2.05, 4.69) is 15.5 Å². The normalized spacial score (nSPS) is 19.7. The predicted octanol–water partition coefficient (Wildman–Crippen LogP) is 1.63. The number of carbonyl (C=O) groups is 1. The number of nitrogens with zero attached hydrogens (tertiary/aromatic N) is 2. The van der Waals surface area contributed by atoms with Gasteiger partial charge in [-0.15, -0.1) is 0 Å². The lowest BCUT2D eigenvalue weighted by Gasteiger charge is -2.10. The fourth-order valence-electron chi connectivity index (χ4n) is 2.97. The van der Waals surface area contributed by atoms with Crippen LogP contribution < -0.4 is 5.32 Å². The Morgan fingerprint density at radius 3 is 2.47 bits per heavy atom. The second-order valence-corrected chi connectivity index (χ2v) is 13.0. The first-order chi connectivity index (χ1) is 15.1. The Hall–Kier alpha value is -2.35. The number of amides is 1. The van der Waals surface area contributed by atoms with Gasteiger partial charge in [-0.2, -0.15) is 0 Å². The van der Waals surface area contributed by atoms with E-state index in [1.807, 2.05) is 0 Å². The molecule has 1 saturated carbocycles. The van der Waals surface area contributed by atoms with Crippen LogP contribution in [0.5, 0.6) is 0 Å². The molecule has 1 aliphatic heterocycles. The molecule has 0 radical (unpaired) electrons. The number of hydrogen-bond acceptors (Lipinski definition) is 10. The minimum atomic E-state index is -3.45. The highest BCUT2D eigenvalue weighted by Crippen LogP contribution is 2.33. The highest BCUT2D eigenvalue weighted by atomic mass is 32.2. The number of sulfone groups is 2. The third-order valence-corrected chi connectivity index (χ3v) is 9.87. The molecule has 0 unspecified atom stereocenters. The predicted molar refractivity (Wildman–Crippen MR) is 117 cm³/mol. The highest BCUT2D eigenvalue weighted by Gasteiger charge is 2.36. The summed E-state index contributed by atoms with van der Waals surface area (Å²) in [6.07, 6.45) is 3.84. The first-order valence-corrected chi connectivity index (χ1v) is 14.0. The second-order valence-electron chi connectivity index (χ2n) is 7.51. The summed E-state index contributed by atoms with van der Waals surface area (Å²) in [5, 5.41) is 6.27. The van der Waals surface area contributed by atoms with Crippen molar-refractivity contribution in [3.05, 3.63) is 36.0 Å². The van der Waals surface area contributed by atoms with Crippen LogP contribution in [-0.2, 0) is 34.0 Å². The molecule has 1 atom stereocenters. The van der Waals surface area contributed by atoms with Crippen molar-refractivity contribution in [3.8, 4) is 0 Å². The summed E-state index contributed by atoms with van der Waals surface area (Å²) in [7, 11) is -6.82. The van der Waals surface area contributed by atoms with Gasteiger partial charge >= 0.3 is 0 Å². The van der Waals surface area contributed by atoms with Crippen molar-refractivity contribution in [1.82, 2.24) is 4.98 Å². The van der Waals surface area contributed by atoms with E-state index < -0.39 is 25.6 Å². The van der Waals surface area contributed by atoms with Gasteiger partial charge in [0.2, 0.25) is 0 Å². The van der Waals surface area contributed by atoms with E-state index in [1.165, 1.54) is 24.3 Å². The maximum Gasteiger partial charge on any atom is 0.280 e. The molecule has 32 heavy (non-hydrogen) atoms. The van der Waals surface area contributed by atoms with Gasteiger partial charge in [0.25, 0.3) is 5.91 Å². The molecule has 2 aliphatic rings. The number of ether oxygens (including phenoxy) is 1. The first kappa shape index (κ1) is 22.8. The largest absolute Gasteiger partial charge is 0.389 e. The maximum atomic E-state index is 12.9. The van der Waals surface area contributed by atoms with Gasteiger partial charge in [-0.05, 0) is 25.0 Å². The molecule has 0 spiro atoms. The Balaban J connectivity index is 1.58. The van der Waals surface area contributed by atoms with Crippen molar-refractivity contribution in [2.24, 2.45) is 5.16 Å². The fourth-order valence-corrected chi connectivity index (χ4v) is 6.26. The van der Waals surface area contributed by atoms with Gasteiger partial charge in [0.05, 0.1) is 29.6 Å². The molecule has 2 aromatic rings. The highest BCUT2D eigenvalue weighted by molar-refractivity contribution is 7.93. The van der Waals surface area contributed by atoms with Gasteiger partial charge in [-0.25, -0.2) is 21.8 Å². The smallest absolute Gasteiger partial charge is 0.280 e. The van der Waals surface area contributed by atoms with E-state index in [-0.39, 0.29) is 31.3 Å².